The van der Waals surface area contributed by atoms with Crippen LogP contribution in [0, 0.1) is 5.82 Å². The van der Waals surface area contributed by atoms with Crippen LogP contribution in [0.3, 0.4) is 0 Å². The van der Waals surface area contributed by atoms with Crippen molar-refractivity contribution in [1.82, 2.24) is 5.32 Å². The van der Waals surface area contributed by atoms with E-state index in [1.807, 2.05) is 6.07 Å². The first-order valence-corrected chi connectivity index (χ1v) is 8.19. The maximum absolute atomic E-state index is 13.4. The monoisotopic (exact) mass is 349 g/mol. The van der Waals surface area contributed by atoms with Crippen LogP contribution in [-0.4, -0.2) is 12.6 Å². The summed E-state index contributed by atoms with van der Waals surface area (Å²) in [5.74, 6) is -0.179. The van der Waals surface area contributed by atoms with E-state index in [0.29, 0.717) is 6.04 Å². The fourth-order valence-electron chi connectivity index (χ4n) is 2.43. The largest absolute Gasteiger partial charge is 0.313 e. The van der Waals surface area contributed by atoms with E-state index in [2.05, 4.69) is 52.4 Å². The SMILES string of the molecule is CCCNC(Cc1ccccc1)Cc1cc(F)ccc1Br. The molecule has 0 aromatic heterocycles. The third kappa shape index (κ3) is 5.25. The van der Waals surface area contributed by atoms with Crippen molar-refractivity contribution in [2.75, 3.05) is 6.54 Å². The molecule has 0 aliphatic carbocycles. The van der Waals surface area contributed by atoms with Gasteiger partial charge in [0.2, 0.25) is 0 Å². The van der Waals surface area contributed by atoms with Gasteiger partial charge in [-0.1, -0.05) is 53.2 Å². The average Bonchev–Trinajstić information content (AvgIpc) is 2.49. The molecular formula is C18H21BrFN. The van der Waals surface area contributed by atoms with Gasteiger partial charge in [0.15, 0.2) is 0 Å². The minimum atomic E-state index is -0.179. The fraction of sp³-hybridized carbons (Fsp3) is 0.333. The van der Waals surface area contributed by atoms with E-state index in [1.165, 1.54) is 11.6 Å². The van der Waals surface area contributed by atoms with Gasteiger partial charge in [-0.05, 0) is 55.1 Å². The van der Waals surface area contributed by atoms with Gasteiger partial charge >= 0.3 is 0 Å². The Balaban J connectivity index is 2.10. The lowest BCUT2D eigenvalue weighted by Crippen LogP contribution is -2.34. The molecule has 21 heavy (non-hydrogen) atoms. The molecule has 1 atom stereocenters. The van der Waals surface area contributed by atoms with Gasteiger partial charge in [-0.15, -0.1) is 0 Å². The Morgan fingerprint density at radius 2 is 1.86 bits per heavy atom. The number of hydrogen-bond acceptors (Lipinski definition) is 1. The van der Waals surface area contributed by atoms with E-state index >= 15 is 0 Å². The highest BCUT2D eigenvalue weighted by molar-refractivity contribution is 9.10. The average molecular weight is 350 g/mol. The second kappa shape index (κ2) is 8.30. The summed E-state index contributed by atoms with van der Waals surface area (Å²) in [4.78, 5) is 0. The van der Waals surface area contributed by atoms with Gasteiger partial charge in [-0.3, -0.25) is 0 Å². The molecule has 2 aromatic carbocycles. The van der Waals surface area contributed by atoms with E-state index in [0.717, 1.165) is 35.8 Å². The predicted octanol–water partition coefficient (Wildman–Crippen LogP) is 4.74. The Kier molecular flexibility index (Phi) is 6.40. The standard InChI is InChI=1S/C18H21BrFN/c1-2-10-21-17(11-14-6-4-3-5-7-14)13-15-12-16(20)8-9-18(15)19/h3-9,12,17,21H,2,10-11,13H2,1H3. The van der Waals surface area contributed by atoms with Crippen LogP contribution < -0.4 is 5.32 Å². The molecule has 1 unspecified atom stereocenters. The Morgan fingerprint density at radius 1 is 1.10 bits per heavy atom. The summed E-state index contributed by atoms with van der Waals surface area (Å²) < 4.78 is 14.4. The Hall–Kier alpha value is -1.19. The fourth-order valence-corrected chi connectivity index (χ4v) is 2.84. The van der Waals surface area contributed by atoms with E-state index in [4.69, 9.17) is 0 Å². The van der Waals surface area contributed by atoms with Crippen molar-refractivity contribution in [3.8, 4) is 0 Å². The molecule has 0 saturated carbocycles. The molecule has 3 heteroatoms. The number of halogens is 2. The van der Waals surface area contributed by atoms with Crippen LogP contribution in [0.25, 0.3) is 0 Å². The molecule has 0 fully saturated rings. The van der Waals surface area contributed by atoms with Crippen LogP contribution in [0.5, 0.6) is 0 Å². The van der Waals surface area contributed by atoms with Crippen molar-refractivity contribution >= 4 is 15.9 Å². The molecule has 2 rings (SSSR count). The van der Waals surface area contributed by atoms with Gasteiger partial charge in [-0.25, -0.2) is 4.39 Å². The summed E-state index contributed by atoms with van der Waals surface area (Å²) >= 11 is 3.52. The number of benzene rings is 2. The van der Waals surface area contributed by atoms with Crippen LogP contribution in [0.15, 0.2) is 53.0 Å². The molecule has 0 saturated heterocycles. The molecule has 0 aliphatic heterocycles. The molecule has 2 aromatic rings. The van der Waals surface area contributed by atoms with Gasteiger partial charge in [0, 0.05) is 10.5 Å². The second-order valence-corrected chi connectivity index (χ2v) is 6.13. The van der Waals surface area contributed by atoms with E-state index < -0.39 is 0 Å². The molecule has 0 radical (unpaired) electrons. The van der Waals surface area contributed by atoms with E-state index in [-0.39, 0.29) is 5.82 Å². The third-order valence-electron chi connectivity index (χ3n) is 3.48. The molecule has 1 N–H and O–H groups in total. The highest BCUT2D eigenvalue weighted by atomic mass is 79.9. The van der Waals surface area contributed by atoms with E-state index in [9.17, 15) is 4.39 Å². The highest BCUT2D eigenvalue weighted by Gasteiger charge is 2.12. The summed E-state index contributed by atoms with van der Waals surface area (Å²) in [5.41, 5.74) is 2.32. The first-order valence-electron chi connectivity index (χ1n) is 7.40. The van der Waals surface area contributed by atoms with Crippen LogP contribution in [0.4, 0.5) is 4.39 Å². The predicted molar refractivity (Wildman–Crippen MR) is 90.0 cm³/mol. The lowest BCUT2D eigenvalue weighted by atomic mass is 9.99. The van der Waals surface area contributed by atoms with Gasteiger partial charge in [-0.2, -0.15) is 0 Å². The summed E-state index contributed by atoms with van der Waals surface area (Å²) in [6.07, 6.45) is 2.85. The zero-order valence-electron chi connectivity index (χ0n) is 12.3. The topological polar surface area (TPSA) is 12.0 Å². The molecule has 112 valence electrons. The molecular weight excluding hydrogens is 329 g/mol. The van der Waals surface area contributed by atoms with E-state index in [1.54, 1.807) is 12.1 Å². The summed E-state index contributed by atoms with van der Waals surface area (Å²) in [6, 6.07) is 15.6. The van der Waals surface area contributed by atoms with Crippen LogP contribution in [0.2, 0.25) is 0 Å². The number of hydrogen-bond donors (Lipinski definition) is 1. The lowest BCUT2D eigenvalue weighted by Gasteiger charge is -2.19. The molecule has 0 spiro atoms. The number of nitrogens with one attached hydrogen (secondary N) is 1. The Bertz CT molecular complexity index is 556. The van der Waals surface area contributed by atoms with Crippen molar-refractivity contribution < 1.29 is 4.39 Å². The summed E-state index contributed by atoms with van der Waals surface area (Å²) in [7, 11) is 0. The summed E-state index contributed by atoms with van der Waals surface area (Å²) in [6.45, 7) is 3.13. The van der Waals surface area contributed by atoms with Crippen LogP contribution in [-0.2, 0) is 12.8 Å². The molecule has 0 amide bonds. The van der Waals surface area contributed by atoms with Crippen molar-refractivity contribution in [3.05, 3.63) is 69.9 Å². The van der Waals surface area contributed by atoms with Crippen molar-refractivity contribution in [3.63, 3.8) is 0 Å². The van der Waals surface area contributed by atoms with Crippen LogP contribution >= 0.6 is 15.9 Å². The minimum Gasteiger partial charge on any atom is -0.313 e. The quantitative estimate of drug-likeness (QED) is 0.760. The summed E-state index contributed by atoms with van der Waals surface area (Å²) in [5, 5.41) is 3.57. The van der Waals surface area contributed by atoms with Gasteiger partial charge < -0.3 is 5.32 Å². The van der Waals surface area contributed by atoms with Crippen molar-refractivity contribution in [1.29, 1.82) is 0 Å². The van der Waals surface area contributed by atoms with Crippen LogP contribution in [0.1, 0.15) is 24.5 Å². The highest BCUT2D eigenvalue weighted by Crippen LogP contribution is 2.20. The molecule has 0 aliphatic rings. The first kappa shape index (κ1) is 16.2. The van der Waals surface area contributed by atoms with Gasteiger partial charge in [0.05, 0.1) is 0 Å². The Morgan fingerprint density at radius 3 is 2.57 bits per heavy atom. The number of rotatable bonds is 7. The second-order valence-electron chi connectivity index (χ2n) is 5.28. The minimum absolute atomic E-state index is 0.179. The third-order valence-corrected chi connectivity index (χ3v) is 4.26. The first-order chi connectivity index (χ1) is 10.2. The normalized spacial score (nSPS) is 12.3. The van der Waals surface area contributed by atoms with Gasteiger partial charge in [0.25, 0.3) is 0 Å². The smallest absolute Gasteiger partial charge is 0.123 e. The Labute approximate surface area is 134 Å². The zero-order chi connectivity index (χ0) is 15.1. The molecule has 1 nitrogen and oxygen atoms in total. The lowest BCUT2D eigenvalue weighted by molar-refractivity contribution is 0.502. The van der Waals surface area contributed by atoms with Gasteiger partial charge in [0.1, 0.15) is 5.82 Å². The molecule has 0 heterocycles. The molecule has 0 bridgehead atoms. The zero-order valence-corrected chi connectivity index (χ0v) is 13.9. The van der Waals surface area contributed by atoms with Crippen molar-refractivity contribution in [2.45, 2.75) is 32.2 Å². The maximum atomic E-state index is 13.4. The van der Waals surface area contributed by atoms with Crippen molar-refractivity contribution in [2.24, 2.45) is 0 Å². The maximum Gasteiger partial charge on any atom is 0.123 e.